The Hall–Kier alpha value is -2.06. The standard InChI is InChI=1S/C13H17N5O2S/c1-13(2,3)18-21(19,20)11-10(4-5-17-12(11)14)9-6-15-8-16-7-9/h4-8,18H,1-3H3,(H2,14,17). The van der Waals surface area contributed by atoms with Crippen molar-refractivity contribution in [2.45, 2.75) is 31.2 Å². The van der Waals surface area contributed by atoms with Crippen molar-refractivity contribution in [1.29, 1.82) is 0 Å². The van der Waals surface area contributed by atoms with Gasteiger partial charge in [-0.2, -0.15) is 0 Å². The molecule has 2 aromatic heterocycles. The monoisotopic (exact) mass is 307 g/mol. The Labute approximate surface area is 123 Å². The van der Waals surface area contributed by atoms with Crippen LogP contribution in [0.1, 0.15) is 20.8 Å². The second-order valence-electron chi connectivity index (χ2n) is 5.56. The number of aromatic nitrogens is 3. The molecule has 0 atom stereocenters. The normalized spacial score (nSPS) is 12.3. The van der Waals surface area contributed by atoms with E-state index in [1.807, 2.05) is 0 Å². The molecule has 8 heteroatoms. The van der Waals surface area contributed by atoms with Crippen LogP contribution >= 0.6 is 0 Å². The van der Waals surface area contributed by atoms with Gasteiger partial charge in [-0.3, -0.25) is 0 Å². The maximum absolute atomic E-state index is 12.6. The summed E-state index contributed by atoms with van der Waals surface area (Å²) in [7, 11) is -3.82. The highest BCUT2D eigenvalue weighted by Gasteiger charge is 2.28. The van der Waals surface area contributed by atoms with Crippen molar-refractivity contribution >= 4 is 15.8 Å². The number of nitrogens with two attached hydrogens (primary N) is 1. The molecule has 0 aliphatic rings. The van der Waals surface area contributed by atoms with E-state index in [9.17, 15) is 8.42 Å². The highest BCUT2D eigenvalue weighted by Crippen LogP contribution is 2.30. The summed E-state index contributed by atoms with van der Waals surface area (Å²) >= 11 is 0. The first-order valence-corrected chi connectivity index (χ1v) is 7.73. The summed E-state index contributed by atoms with van der Waals surface area (Å²) in [5, 5.41) is 0. The Morgan fingerprint density at radius 3 is 2.38 bits per heavy atom. The van der Waals surface area contributed by atoms with Gasteiger partial charge in [0, 0.05) is 35.3 Å². The fourth-order valence-corrected chi connectivity index (χ4v) is 3.58. The Morgan fingerprint density at radius 1 is 1.19 bits per heavy atom. The van der Waals surface area contributed by atoms with Crippen molar-refractivity contribution in [3.05, 3.63) is 31.0 Å². The summed E-state index contributed by atoms with van der Waals surface area (Å²) in [4.78, 5) is 11.6. The zero-order chi connectivity index (χ0) is 15.7. The van der Waals surface area contributed by atoms with Gasteiger partial charge in [0.2, 0.25) is 10.0 Å². The lowest BCUT2D eigenvalue weighted by Gasteiger charge is -2.22. The lowest BCUT2D eigenvalue weighted by molar-refractivity contribution is 0.492. The number of nitrogen functional groups attached to an aromatic ring is 1. The van der Waals surface area contributed by atoms with Crippen molar-refractivity contribution in [3.8, 4) is 11.1 Å². The molecule has 2 heterocycles. The van der Waals surface area contributed by atoms with Crippen LogP contribution in [-0.4, -0.2) is 28.9 Å². The molecule has 2 rings (SSSR count). The van der Waals surface area contributed by atoms with Crippen LogP contribution < -0.4 is 10.5 Å². The fraction of sp³-hybridized carbons (Fsp3) is 0.308. The van der Waals surface area contributed by atoms with Gasteiger partial charge in [0.15, 0.2) is 0 Å². The number of pyridine rings is 1. The first-order valence-electron chi connectivity index (χ1n) is 6.24. The van der Waals surface area contributed by atoms with E-state index in [0.717, 1.165) is 0 Å². The molecule has 0 amide bonds. The van der Waals surface area contributed by atoms with Crippen LogP contribution in [0.25, 0.3) is 11.1 Å². The lowest BCUT2D eigenvalue weighted by atomic mass is 10.1. The number of anilines is 1. The second kappa shape index (κ2) is 5.38. The van der Waals surface area contributed by atoms with E-state index in [4.69, 9.17) is 5.73 Å². The number of sulfonamides is 1. The van der Waals surface area contributed by atoms with Crippen molar-refractivity contribution in [1.82, 2.24) is 19.7 Å². The van der Waals surface area contributed by atoms with E-state index in [0.29, 0.717) is 11.1 Å². The van der Waals surface area contributed by atoms with E-state index in [1.54, 1.807) is 26.8 Å². The molecule has 0 unspecified atom stereocenters. The minimum absolute atomic E-state index is 0.0604. The molecule has 0 saturated heterocycles. The molecule has 0 bridgehead atoms. The lowest BCUT2D eigenvalue weighted by Crippen LogP contribution is -2.41. The number of rotatable bonds is 3. The van der Waals surface area contributed by atoms with Crippen molar-refractivity contribution in [2.24, 2.45) is 0 Å². The Morgan fingerprint density at radius 2 is 1.81 bits per heavy atom. The summed E-state index contributed by atoms with van der Waals surface area (Å²) in [6.45, 7) is 5.26. The van der Waals surface area contributed by atoms with Gasteiger partial charge in [-0.15, -0.1) is 0 Å². The van der Waals surface area contributed by atoms with E-state index < -0.39 is 15.6 Å². The second-order valence-corrected chi connectivity index (χ2v) is 7.17. The predicted octanol–water partition coefficient (Wildman–Crippen LogP) is 1.20. The van der Waals surface area contributed by atoms with Crippen LogP contribution in [0.3, 0.4) is 0 Å². The molecule has 0 aliphatic carbocycles. The van der Waals surface area contributed by atoms with Crippen LogP contribution in [0.15, 0.2) is 35.9 Å². The van der Waals surface area contributed by atoms with Crippen LogP contribution in [0.4, 0.5) is 5.82 Å². The molecule has 7 nitrogen and oxygen atoms in total. The first-order chi connectivity index (χ1) is 9.71. The molecule has 0 aliphatic heterocycles. The number of nitrogens with one attached hydrogen (secondary N) is 1. The summed E-state index contributed by atoms with van der Waals surface area (Å²) in [6.07, 6.45) is 5.87. The predicted molar refractivity (Wildman–Crippen MR) is 79.7 cm³/mol. The molecule has 0 spiro atoms. The average molecular weight is 307 g/mol. The molecule has 0 fully saturated rings. The summed E-state index contributed by atoms with van der Waals surface area (Å²) in [6, 6.07) is 1.58. The van der Waals surface area contributed by atoms with Gasteiger partial charge in [0.25, 0.3) is 0 Å². The molecule has 0 saturated carbocycles. The highest BCUT2D eigenvalue weighted by atomic mass is 32.2. The SMILES string of the molecule is CC(C)(C)NS(=O)(=O)c1c(-c2cncnc2)ccnc1N. The molecular formula is C13H17N5O2S. The minimum Gasteiger partial charge on any atom is -0.383 e. The fourth-order valence-electron chi connectivity index (χ4n) is 1.87. The average Bonchev–Trinajstić information content (AvgIpc) is 2.36. The maximum atomic E-state index is 12.6. The highest BCUT2D eigenvalue weighted by molar-refractivity contribution is 7.89. The summed E-state index contributed by atoms with van der Waals surface area (Å²) in [5.41, 5.74) is 6.13. The van der Waals surface area contributed by atoms with Gasteiger partial charge in [-0.1, -0.05) is 0 Å². The number of hydrogen-bond acceptors (Lipinski definition) is 6. The third-order valence-electron chi connectivity index (χ3n) is 2.51. The van der Waals surface area contributed by atoms with Crippen molar-refractivity contribution in [3.63, 3.8) is 0 Å². The van der Waals surface area contributed by atoms with Crippen LogP contribution in [0.5, 0.6) is 0 Å². The van der Waals surface area contributed by atoms with E-state index in [-0.39, 0.29) is 10.7 Å². The van der Waals surface area contributed by atoms with Gasteiger partial charge in [0.1, 0.15) is 17.0 Å². The van der Waals surface area contributed by atoms with Crippen molar-refractivity contribution < 1.29 is 8.42 Å². The van der Waals surface area contributed by atoms with Gasteiger partial charge in [0.05, 0.1) is 0 Å². The van der Waals surface area contributed by atoms with Gasteiger partial charge < -0.3 is 5.73 Å². The third kappa shape index (κ3) is 3.53. The van der Waals surface area contributed by atoms with Crippen LogP contribution in [-0.2, 0) is 10.0 Å². The Bertz CT molecular complexity index is 739. The molecule has 21 heavy (non-hydrogen) atoms. The quantitative estimate of drug-likeness (QED) is 0.881. The molecule has 3 N–H and O–H groups in total. The van der Waals surface area contributed by atoms with Crippen molar-refractivity contribution in [2.75, 3.05) is 5.73 Å². The topological polar surface area (TPSA) is 111 Å². The largest absolute Gasteiger partial charge is 0.383 e. The Balaban J connectivity index is 2.64. The summed E-state index contributed by atoms with van der Waals surface area (Å²) in [5.74, 6) is -0.0619. The maximum Gasteiger partial charge on any atom is 0.245 e. The van der Waals surface area contributed by atoms with Gasteiger partial charge in [-0.05, 0) is 26.8 Å². The third-order valence-corrected chi connectivity index (χ3v) is 4.36. The number of hydrogen-bond donors (Lipinski definition) is 2. The zero-order valence-corrected chi connectivity index (χ0v) is 12.8. The van der Waals surface area contributed by atoms with E-state index in [1.165, 1.54) is 24.9 Å². The van der Waals surface area contributed by atoms with Crippen LogP contribution in [0.2, 0.25) is 0 Å². The Kier molecular flexibility index (Phi) is 3.93. The zero-order valence-electron chi connectivity index (χ0n) is 12.0. The molecule has 0 aromatic carbocycles. The first kappa shape index (κ1) is 15.3. The molecule has 2 aromatic rings. The number of nitrogens with zero attached hydrogens (tertiary/aromatic N) is 3. The molecule has 0 radical (unpaired) electrons. The van der Waals surface area contributed by atoms with E-state index in [2.05, 4.69) is 19.7 Å². The molecular weight excluding hydrogens is 290 g/mol. The van der Waals surface area contributed by atoms with E-state index >= 15 is 0 Å². The van der Waals surface area contributed by atoms with Gasteiger partial charge in [-0.25, -0.2) is 28.1 Å². The summed E-state index contributed by atoms with van der Waals surface area (Å²) < 4.78 is 27.8. The minimum atomic E-state index is -3.82. The van der Waals surface area contributed by atoms with Gasteiger partial charge >= 0.3 is 0 Å². The van der Waals surface area contributed by atoms with Crippen LogP contribution in [0, 0.1) is 0 Å². The molecule has 112 valence electrons. The smallest absolute Gasteiger partial charge is 0.245 e.